The van der Waals surface area contributed by atoms with Crippen molar-refractivity contribution in [2.24, 2.45) is 4.99 Å². The molecule has 0 radical (unpaired) electrons. The van der Waals surface area contributed by atoms with Gasteiger partial charge in [0.25, 0.3) is 0 Å². The molecule has 1 aliphatic heterocycles. The van der Waals surface area contributed by atoms with Crippen LogP contribution in [0.3, 0.4) is 0 Å². The highest BCUT2D eigenvalue weighted by Gasteiger charge is 2.22. The van der Waals surface area contributed by atoms with Gasteiger partial charge >= 0.3 is 0 Å². The summed E-state index contributed by atoms with van der Waals surface area (Å²) in [7, 11) is 1.65. The molecular formula is C23H32N4O3. The molecule has 1 aromatic heterocycles. The Hall–Kier alpha value is -2.80. The van der Waals surface area contributed by atoms with Gasteiger partial charge < -0.3 is 24.4 Å². The van der Waals surface area contributed by atoms with E-state index in [1.54, 1.807) is 7.11 Å². The minimum Gasteiger partial charge on any atom is -0.490 e. The van der Waals surface area contributed by atoms with E-state index in [9.17, 15) is 0 Å². The van der Waals surface area contributed by atoms with Crippen LogP contribution in [0.1, 0.15) is 25.3 Å². The molecule has 3 rings (SSSR count). The molecule has 162 valence electrons. The van der Waals surface area contributed by atoms with Crippen LogP contribution >= 0.6 is 0 Å². The summed E-state index contributed by atoms with van der Waals surface area (Å²) in [5, 5.41) is 3.41. The summed E-state index contributed by atoms with van der Waals surface area (Å²) in [6.07, 6.45) is 4.03. The topological polar surface area (TPSA) is 68.2 Å². The van der Waals surface area contributed by atoms with Gasteiger partial charge in [0.05, 0.1) is 13.2 Å². The van der Waals surface area contributed by atoms with E-state index in [0.29, 0.717) is 25.6 Å². The molecule has 1 fully saturated rings. The molecule has 0 bridgehead atoms. The highest BCUT2D eigenvalue weighted by Crippen LogP contribution is 2.19. The molecule has 0 amide bonds. The number of ether oxygens (including phenoxy) is 3. The van der Waals surface area contributed by atoms with Gasteiger partial charge in [-0.2, -0.15) is 0 Å². The van der Waals surface area contributed by atoms with Crippen LogP contribution < -0.4 is 14.8 Å². The van der Waals surface area contributed by atoms with Crippen molar-refractivity contribution in [3.63, 3.8) is 0 Å². The quantitative estimate of drug-likeness (QED) is 0.388. The molecular weight excluding hydrogens is 380 g/mol. The molecule has 0 spiro atoms. The Kier molecular flexibility index (Phi) is 8.78. The number of rotatable bonds is 9. The number of para-hydroxylation sites is 1. The van der Waals surface area contributed by atoms with E-state index in [0.717, 1.165) is 49.7 Å². The summed E-state index contributed by atoms with van der Waals surface area (Å²) in [5.74, 6) is 2.49. The smallest absolute Gasteiger partial charge is 0.213 e. The molecule has 1 saturated heterocycles. The number of hydrogen-bond donors (Lipinski definition) is 1. The molecule has 1 aromatic carbocycles. The van der Waals surface area contributed by atoms with Crippen molar-refractivity contribution in [3.8, 4) is 11.6 Å². The molecule has 0 aliphatic carbocycles. The van der Waals surface area contributed by atoms with Crippen molar-refractivity contribution in [1.82, 2.24) is 15.2 Å². The van der Waals surface area contributed by atoms with Crippen LogP contribution in [0.5, 0.6) is 11.6 Å². The first-order valence-corrected chi connectivity index (χ1v) is 10.6. The Morgan fingerprint density at radius 1 is 1.13 bits per heavy atom. The number of benzene rings is 1. The van der Waals surface area contributed by atoms with Crippen LogP contribution in [-0.2, 0) is 11.3 Å². The second kappa shape index (κ2) is 12.0. The van der Waals surface area contributed by atoms with Gasteiger partial charge in [0.15, 0.2) is 5.96 Å². The zero-order valence-electron chi connectivity index (χ0n) is 17.9. The number of hydrogen-bond acceptors (Lipinski definition) is 5. The number of aromatic nitrogens is 1. The minimum absolute atomic E-state index is 0.251. The van der Waals surface area contributed by atoms with E-state index in [-0.39, 0.29) is 6.10 Å². The van der Waals surface area contributed by atoms with Gasteiger partial charge in [0.2, 0.25) is 5.88 Å². The lowest BCUT2D eigenvalue weighted by molar-refractivity contribution is 0.129. The van der Waals surface area contributed by atoms with E-state index in [1.807, 2.05) is 48.7 Å². The SMILES string of the molecule is CCNC(=NCc1ccc(OCCOC)nc1)N1CCC(Oc2ccccc2)CC1. The fourth-order valence-corrected chi connectivity index (χ4v) is 3.29. The number of piperidine rings is 1. The highest BCUT2D eigenvalue weighted by atomic mass is 16.5. The van der Waals surface area contributed by atoms with E-state index >= 15 is 0 Å². The second-order valence-electron chi connectivity index (χ2n) is 7.13. The lowest BCUT2D eigenvalue weighted by Crippen LogP contribution is -2.47. The van der Waals surface area contributed by atoms with Crippen LogP contribution in [-0.4, -0.2) is 61.9 Å². The van der Waals surface area contributed by atoms with Gasteiger partial charge in [-0.3, -0.25) is 0 Å². The van der Waals surface area contributed by atoms with Crippen molar-refractivity contribution in [2.45, 2.75) is 32.4 Å². The Morgan fingerprint density at radius 2 is 1.93 bits per heavy atom. The predicted octanol–water partition coefficient (Wildman–Crippen LogP) is 3.12. The normalized spacial score (nSPS) is 15.1. The molecule has 2 aromatic rings. The lowest BCUT2D eigenvalue weighted by atomic mass is 10.1. The molecule has 1 N–H and O–H groups in total. The molecule has 1 aliphatic rings. The van der Waals surface area contributed by atoms with Gasteiger partial charge in [-0.05, 0) is 24.6 Å². The molecule has 7 heteroatoms. The van der Waals surface area contributed by atoms with Gasteiger partial charge in [0.1, 0.15) is 18.5 Å². The zero-order valence-corrected chi connectivity index (χ0v) is 17.9. The third-order valence-corrected chi connectivity index (χ3v) is 4.87. The summed E-state index contributed by atoms with van der Waals surface area (Å²) in [6.45, 7) is 6.40. The lowest BCUT2D eigenvalue weighted by Gasteiger charge is -2.34. The van der Waals surface area contributed by atoms with Crippen LogP contribution in [0.2, 0.25) is 0 Å². The summed E-state index contributed by atoms with van der Waals surface area (Å²) in [4.78, 5) is 11.5. The number of aliphatic imine (C=N–C) groups is 1. The molecule has 0 saturated carbocycles. The van der Waals surface area contributed by atoms with Crippen molar-refractivity contribution >= 4 is 5.96 Å². The van der Waals surface area contributed by atoms with E-state index in [4.69, 9.17) is 19.2 Å². The number of methoxy groups -OCH3 is 1. The van der Waals surface area contributed by atoms with Crippen molar-refractivity contribution in [3.05, 3.63) is 54.2 Å². The molecule has 0 atom stereocenters. The zero-order chi connectivity index (χ0) is 21.0. The number of nitrogens with zero attached hydrogens (tertiary/aromatic N) is 3. The summed E-state index contributed by atoms with van der Waals surface area (Å²) in [6, 6.07) is 13.9. The maximum absolute atomic E-state index is 6.10. The van der Waals surface area contributed by atoms with Crippen LogP contribution in [0, 0.1) is 0 Å². The number of guanidine groups is 1. The van der Waals surface area contributed by atoms with Gasteiger partial charge in [-0.25, -0.2) is 9.98 Å². The maximum Gasteiger partial charge on any atom is 0.213 e. The van der Waals surface area contributed by atoms with Gasteiger partial charge in [0, 0.05) is 51.8 Å². The average Bonchev–Trinajstić information content (AvgIpc) is 2.79. The Morgan fingerprint density at radius 3 is 2.60 bits per heavy atom. The highest BCUT2D eigenvalue weighted by molar-refractivity contribution is 5.80. The molecule has 30 heavy (non-hydrogen) atoms. The fraction of sp³-hybridized carbons (Fsp3) is 0.478. The van der Waals surface area contributed by atoms with Crippen LogP contribution in [0.25, 0.3) is 0 Å². The molecule has 0 unspecified atom stereocenters. The third-order valence-electron chi connectivity index (χ3n) is 4.87. The number of pyridine rings is 1. The van der Waals surface area contributed by atoms with Crippen molar-refractivity contribution in [2.75, 3.05) is 40.0 Å². The Labute approximate surface area is 179 Å². The van der Waals surface area contributed by atoms with Crippen LogP contribution in [0.4, 0.5) is 0 Å². The minimum atomic E-state index is 0.251. The number of nitrogens with one attached hydrogen (secondary N) is 1. The average molecular weight is 413 g/mol. The summed E-state index contributed by atoms with van der Waals surface area (Å²) in [5.41, 5.74) is 1.05. The van der Waals surface area contributed by atoms with Gasteiger partial charge in [-0.1, -0.05) is 24.3 Å². The molecule has 2 heterocycles. The fourth-order valence-electron chi connectivity index (χ4n) is 3.29. The summed E-state index contributed by atoms with van der Waals surface area (Å²) >= 11 is 0. The van der Waals surface area contributed by atoms with Crippen molar-refractivity contribution in [1.29, 1.82) is 0 Å². The van der Waals surface area contributed by atoms with E-state index in [2.05, 4.69) is 22.1 Å². The first kappa shape index (κ1) is 21.9. The van der Waals surface area contributed by atoms with Gasteiger partial charge in [-0.15, -0.1) is 0 Å². The number of likely N-dealkylation sites (tertiary alicyclic amines) is 1. The predicted molar refractivity (Wildman–Crippen MR) is 118 cm³/mol. The Balaban J connectivity index is 1.51. The largest absolute Gasteiger partial charge is 0.490 e. The second-order valence-corrected chi connectivity index (χ2v) is 7.13. The first-order chi connectivity index (χ1) is 14.8. The third kappa shape index (κ3) is 6.91. The molecule has 7 nitrogen and oxygen atoms in total. The monoisotopic (exact) mass is 412 g/mol. The first-order valence-electron chi connectivity index (χ1n) is 10.6. The van der Waals surface area contributed by atoms with Crippen molar-refractivity contribution < 1.29 is 14.2 Å². The van der Waals surface area contributed by atoms with Crippen LogP contribution in [0.15, 0.2) is 53.7 Å². The maximum atomic E-state index is 6.10. The summed E-state index contributed by atoms with van der Waals surface area (Å²) < 4.78 is 16.6. The van der Waals surface area contributed by atoms with E-state index in [1.165, 1.54) is 0 Å². The standard InChI is InChI=1S/C23H32N4O3/c1-3-24-23(26-18-19-9-10-22(25-17-19)29-16-15-28-2)27-13-11-21(12-14-27)30-20-7-5-4-6-8-20/h4-10,17,21H,3,11-16,18H2,1-2H3,(H,24,26). The van der Waals surface area contributed by atoms with E-state index < -0.39 is 0 Å². The Bertz CT molecular complexity index is 760.